The van der Waals surface area contributed by atoms with Crippen molar-refractivity contribution in [1.82, 2.24) is 15.8 Å². The van der Waals surface area contributed by atoms with Gasteiger partial charge in [0.15, 0.2) is 17.6 Å². The number of nitrogens with zero attached hydrogens (tertiary/aromatic N) is 1. The standard InChI is InChI=1S/C25H23N3O7/c29-23(26-12-14-11-21(24(30)31)28-35-14)22-20(9-10-33-22)27-25(32)34-13-19-17-7-3-1-5-15(17)16-6-2-4-8-18(16)19/h1-8,11,19-20,22H,9-10,12-13H2,(H,26,29)(H,27,32)(H,30,31)/t20-,22+/m1/s1. The molecule has 10 heteroatoms. The van der Waals surface area contributed by atoms with Gasteiger partial charge in [0.1, 0.15) is 6.61 Å². The van der Waals surface area contributed by atoms with E-state index in [0.29, 0.717) is 13.0 Å². The first-order valence-electron chi connectivity index (χ1n) is 11.2. The first-order chi connectivity index (χ1) is 17.0. The summed E-state index contributed by atoms with van der Waals surface area (Å²) in [6.07, 6.45) is -1.08. The van der Waals surface area contributed by atoms with Gasteiger partial charge in [0.25, 0.3) is 5.91 Å². The van der Waals surface area contributed by atoms with Crippen molar-refractivity contribution in [2.24, 2.45) is 0 Å². The van der Waals surface area contributed by atoms with Crippen LogP contribution in [0.25, 0.3) is 11.1 Å². The van der Waals surface area contributed by atoms with Crippen LogP contribution in [0.2, 0.25) is 0 Å². The summed E-state index contributed by atoms with van der Waals surface area (Å²) in [5.74, 6) is -1.56. The molecule has 1 aromatic heterocycles. The van der Waals surface area contributed by atoms with Gasteiger partial charge in [-0.1, -0.05) is 53.7 Å². The number of hydrogen-bond donors (Lipinski definition) is 3. The second kappa shape index (κ2) is 9.59. The monoisotopic (exact) mass is 477 g/mol. The Morgan fingerprint density at radius 2 is 1.74 bits per heavy atom. The maximum absolute atomic E-state index is 12.6. The van der Waals surface area contributed by atoms with E-state index in [2.05, 4.69) is 27.9 Å². The molecule has 2 aromatic carbocycles. The van der Waals surface area contributed by atoms with Crippen LogP contribution in [-0.4, -0.2) is 53.6 Å². The fourth-order valence-corrected chi connectivity index (χ4v) is 4.56. The summed E-state index contributed by atoms with van der Waals surface area (Å²) in [5, 5.41) is 17.6. The second-order valence-corrected chi connectivity index (χ2v) is 8.36. The van der Waals surface area contributed by atoms with Crippen molar-refractivity contribution >= 4 is 18.0 Å². The van der Waals surface area contributed by atoms with E-state index in [1.165, 1.54) is 6.07 Å². The van der Waals surface area contributed by atoms with Crippen molar-refractivity contribution < 1.29 is 33.5 Å². The van der Waals surface area contributed by atoms with Gasteiger partial charge < -0.3 is 29.7 Å². The van der Waals surface area contributed by atoms with Crippen molar-refractivity contribution in [1.29, 1.82) is 0 Å². The number of rotatable bonds is 7. The highest BCUT2D eigenvalue weighted by Crippen LogP contribution is 2.44. The molecular weight excluding hydrogens is 454 g/mol. The number of nitrogens with one attached hydrogen (secondary N) is 2. The molecule has 1 saturated heterocycles. The molecule has 1 aliphatic carbocycles. The van der Waals surface area contributed by atoms with Gasteiger partial charge in [-0.05, 0) is 28.7 Å². The SMILES string of the molecule is O=C(N[C@@H]1CCO[C@@H]1C(=O)NCc1cc(C(=O)O)no1)OCC1c2ccccc2-c2ccccc21. The first-order valence-corrected chi connectivity index (χ1v) is 11.2. The zero-order chi connectivity index (χ0) is 24.4. The van der Waals surface area contributed by atoms with Gasteiger partial charge in [0, 0.05) is 18.6 Å². The summed E-state index contributed by atoms with van der Waals surface area (Å²) in [7, 11) is 0. The molecule has 0 unspecified atom stereocenters. The Morgan fingerprint density at radius 3 is 2.40 bits per heavy atom. The number of ether oxygens (including phenoxy) is 2. The molecule has 35 heavy (non-hydrogen) atoms. The van der Waals surface area contributed by atoms with Crippen molar-refractivity contribution in [3.8, 4) is 11.1 Å². The Bertz CT molecular complexity index is 1230. The summed E-state index contributed by atoms with van der Waals surface area (Å²) >= 11 is 0. The predicted octanol–water partition coefficient (Wildman–Crippen LogP) is 2.69. The number of carbonyl (C=O) groups is 3. The Kier molecular flexibility index (Phi) is 6.19. The minimum absolute atomic E-state index is 0.0589. The fourth-order valence-electron chi connectivity index (χ4n) is 4.56. The topological polar surface area (TPSA) is 140 Å². The molecule has 1 aliphatic heterocycles. The van der Waals surface area contributed by atoms with E-state index in [0.717, 1.165) is 22.3 Å². The largest absolute Gasteiger partial charge is 0.476 e. The molecule has 3 aromatic rings. The molecule has 1 fully saturated rings. The Morgan fingerprint density at radius 1 is 1.06 bits per heavy atom. The smallest absolute Gasteiger partial charge is 0.407 e. The van der Waals surface area contributed by atoms with E-state index in [9.17, 15) is 14.4 Å². The zero-order valence-corrected chi connectivity index (χ0v) is 18.6. The van der Waals surface area contributed by atoms with Crippen LogP contribution in [-0.2, 0) is 20.8 Å². The summed E-state index contributed by atoms with van der Waals surface area (Å²) in [4.78, 5) is 36.1. The summed E-state index contributed by atoms with van der Waals surface area (Å²) in [6.45, 7) is 0.413. The van der Waals surface area contributed by atoms with Crippen LogP contribution in [0.3, 0.4) is 0 Å². The lowest BCUT2D eigenvalue weighted by molar-refractivity contribution is -0.131. The van der Waals surface area contributed by atoms with Gasteiger partial charge >= 0.3 is 12.1 Å². The molecule has 180 valence electrons. The Hall–Kier alpha value is -4.18. The third-order valence-corrected chi connectivity index (χ3v) is 6.21. The van der Waals surface area contributed by atoms with Crippen LogP contribution >= 0.6 is 0 Å². The number of carboxylic acid groups (broad SMARTS) is 1. The number of amides is 2. The Balaban J connectivity index is 1.16. The molecule has 2 heterocycles. The van der Waals surface area contributed by atoms with Crippen LogP contribution in [0, 0.1) is 0 Å². The van der Waals surface area contributed by atoms with Gasteiger partial charge in [-0.25, -0.2) is 9.59 Å². The third kappa shape index (κ3) is 4.60. The molecule has 2 atom stereocenters. The number of carbonyl (C=O) groups excluding carboxylic acids is 2. The van der Waals surface area contributed by atoms with E-state index in [1.54, 1.807) is 0 Å². The van der Waals surface area contributed by atoms with Crippen molar-refractivity contribution in [3.63, 3.8) is 0 Å². The molecule has 0 saturated carbocycles. The number of benzene rings is 2. The highest BCUT2D eigenvalue weighted by molar-refractivity contribution is 5.85. The van der Waals surface area contributed by atoms with Crippen LogP contribution in [0.15, 0.2) is 59.1 Å². The highest BCUT2D eigenvalue weighted by Gasteiger charge is 2.36. The molecule has 2 amide bonds. The van der Waals surface area contributed by atoms with Crippen LogP contribution in [0.5, 0.6) is 0 Å². The van der Waals surface area contributed by atoms with Gasteiger partial charge in [0.2, 0.25) is 0 Å². The van der Waals surface area contributed by atoms with Gasteiger partial charge in [-0.2, -0.15) is 0 Å². The first kappa shape index (κ1) is 22.6. The molecule has 0 spiro atoms. The number of alkyl carbamates (subject to hydrolysis) is 1. The summed E-state index contributed by atoms with van der Waals surface area (Å²) < 4.78 is 16.0. The van der Waals surface area contributed by atoms with Crippen LogP contribution < -0.4 is 10.6 Å². The normalized spacial score (nSPS) is 18.5. The number of carboxylic acids is 1. The maximum atomic E-state index is 12.6. The van der Waals surface area contributed by atoms with E-state index < -0.39 is 30.1 Å². The van der Waals surface area contributed by atoms with Crippen molar-refractivity contribution in [3.05, 3.63) is 77.2 Å². The second-order valence-electron chi connectivity index (χ2n) is 8.36. The van der Waals surface area contributed by atoms with Crippen LogP contribution in [0.1, 0.15) is 39.7 Å². The number of fused-ring (bicyclic) bond motifs is 3. The quantitative estimate of drug-likeness (QED) is 0.472. The summed E-state index contributed by atoms with van der Waals surface area (Å²) in [6, 6.07) is 16.8. The summed E-state index contributed by atoms with van der Waals surface area (Å²) in [5.41, 5.74) is 4.25. The van der Waals surface area contributed by atoms with Crippen molar-refractivity contribution in [2.75, 3.05) is 13.2 Å². The number of aromatic nitrogens is 1. The third-order valence-electron chi connectivity index (χ3n) is 6.21. The van der Waals surface area contributed by atoms with E-state index in [4.69, 9.17) is 19.1 Å². The van der Waals surface area contributed by atoms with Gasteiger partial charge in [-0.3, -0.25) is 4.79 Å². The zero-order valence-electron chi connectivity index (χ0n) is 18.6. The highest BCUT2D eigenvalue weighted by atomic mass is 16.6. The molecule has 2 aliphatic rings. The minimum atomic E-state index is -1.22. The van der Waals surface area contributed by atoms with Gasteiger partial charge in [0.05, 0.1) is 12.6 Å². The fraction of sp³-hybridized carbons (Fsp3) is 0.280. The Labute approximate surface area is 200 Å². The molecule has 0 bridgehead atoms. The molecule has 0 radical (unpaired) electrons. The average molecular weight is 477 g/mol. The predicted molar refractivity (Wildman–Crippen MR) is 122 cm³/mol. The van der Waals surface area contributed by atoms with E-state index in [1.807, 2.05) is 36.4 Å². The average Bonchev–Trinajstić information content (AvgIpc) is 3.59. The lowest BCUT2D eigenvalue weighted by Crippen LogP contribution is -2.48. The minimum Gasteiger partial charge on any atom is -0.476 e. The van der Waals surface area contributed by atoms with E-state index in [-0.39, 0.29) is 30.5 Å². The molecular formula is C25H23N3O7. The van der Waals surface area contributed by atoms with Crippen LogP contribution in [0.4, 0.5) is 4.79 Å². The van der Waals surface area contributed by atoms with E-state index >= 15 is 0 Å². The lowest BCUT2D eigenvalue weighted by Gasteiger charge is -2.20. The van der Waals surface area contributed by atoms with Crippen molar-refractivity contribution in [2.45, 2.75) is 31.0 Å². The number of hydrogen-bond acceptors (Lipinski definition) is 7. The maximum Gasteiger partial charge on any atom is 0.407 e. The molecule has 3 N–H and O–H groups in total. The molecule has 10 nitrogen and oxygen atoms in total. The molecule has 5 rings (SSSR count). The lowest BCUT2D eigenvalue weighted by atomic mass is 9.98. The number of aromatic carboxylic acids is 1. The van der Waals surface area contributed by atoms with Gasteiger partial charge in [-0.15, -0.1) is 0 Å².